The van der Waals surface area contributed by atoms with E-state index >= 15 is 0 Å². The molecule has 0 spiro atoms. The summed E-state index contributed by atoms with van der Waals surface area (Å²) in [5.41, 5.74) is 2.09. The van der Waals surface area contributed by atoms with Gasteiger partial charge in [-0.3, -0.25) is 9.59 Å². The van der Waals surface area contributed by atoms with Crippen LogP contribution in [0, 0.1) is 0 Å². The van der Waals surface area contributed by atoms with Crippen molar-refractivity contribution in [2.75, 3.05) is 12.9 Å². The van der Waals surface area contributed by atoms with E-state index in [4.69, 9.17) is 4.74 Å². The maximum absolute atomic E-state index is 13.2. The minimum absolute atomic E-state index is 0.0158. The fourth-order valence-electron chi connectivity index (χ4n) is 3.19. The summed E-state index contributed by atoms with van der Waals surface area (Å²) in [6.07, 6.45) is 0.547. The van der Waals surface area contributed by atoms with Crippen LogP contribution in [-0.4, -0.2) is 41.7 Å². The number of hydrogen-bond acceptors (Lipinski definition) is 4. The molecule has 0 bridgehead atoms. The number of methoxy groups -OCH3 is 1. The lowest BCUT2D eigenvalue weighted by molar-refractivity contribution is -0.139. The van der Waals surface area contributed by atoms with Gasteiger partial charge in [-0.1, -0.05) is 47.1 Å². The Balaban J connectivity index is 2.14. The summed E-state index contributed by atoms with van der Waals surface area (Å²) in [4.78, 5) is 27.7. The van der Waals surface area contributed by atoms with Gasteiger partial charge in [0.15, 0.2) is 0 Å². The third kappa shape index (κ3) is 8.22. The van der Waals surface area contributed by atoms with Gasteiger partial charge in [-0.2, -0.15) is 0 Å². The molecule has 0 heterocycles. The summed E-state index contributed by atoms with van der Waals surface area (Å²) in [5.74, 6) is 1.61. The highest BCUT2D eigenvalue weighted by atomic mass is 79.9. The van der Waals surface area contributed by atoms with Crippen molar-refractivity contribution < 1.29 is 14.3 Å². The fourth-order valence-corrected chi connectivity index (χ4v) is 4.32. The van der Waals surface area contributed by atoms with Gasteiger partial charge in [0.05, 0.1) is 12.9 Å². The van der Waals surface area contributed by atoms with Gasteiger partial charge in [-0.05, 0) is 55.7 Å². The highest BCUT2D eigenvalue weighted by molar-refractivity contribution is 9.10. The first kappa shape index (κ1) is 25.3. The standard InChI is InChI=1S/C24H31BrN2O3S/c1-5-22(24(29)26-17(2)3)27(14-19-7-6-8-21(13-19)30-4)23(28)16-31-15-18-9-11-20(25)12-10-18/h6-13,17,22H,5,14-16H2,1-4H3,(H,26,29). The minimum Gasteiger partial charge on any atom is -0.497 e. The second-order valence-corrected chi connectivity index (χ2v) is 9.48. The Hall–Kier alpha value is -1.99. The van der Waals surface area contributed by atoms with Crippen LogP contribution in [-0.2, 0) is 21.9 Å². The van der Waals surface area contributed by atoms with Crippen molar-refractivity contribution >= 4 is 39.5 Å². The lowest BCUT2D eigenvalue weighted by Gasteiger charge is -2.31. The molecule has 0 aliphatic heterocycles. The average Bonchev–Trinajstić information content (AvgIpc) is 2.74. The van der Waals surface area contributed by atoms with E-state index < -0.39 is 6.04 Å². The van der Waals surface area contributed by atoms with Crippen LogP contribution in [0.25, 0.3) is 0 Å². The van der Waals surface area contributed by atoms with E-state index in [1.165, 1.54) is 0 Å². The molecule has 2 amide bonds. The summed E-state index contributed by atoms with van der Waals surface area (Å²) in [7, 11) is 1.62. The Morgan fingerprint density at radius 1 is 1.13 bits per heavy atom. The molecule has 0 saturated carbocycles. The monoisotopic (exact) mass is 506 g/mol. The number of rotatable bonds is 11. The first-order valence-electron chi connectivity index (χ1n) is 10.4. The maximum Gasteiger partial charge on any atom is 0.243 e. The van der Waals surface area contributed by atoms with Crippen LogP contribution in [0.4, 0.5) is 0 Å². The molecular formula is C24H31BrN2O3S. The van der Waals surface area contributed by atoms with Gasteiger partial charge in [-0.25, -0.2) is 0 Å². The fraction of sp³-hybridized carbons (Fsp3) is 0.417. The average molecular weight is 507 g/mol. The Labute approximate surface area is 198 Å². The molecule has 0 radical (unpaired) electrons. The van der Waals surface area contributed by atoms with Gasteiger partial charge in [0.25, 0.3) is 0 Å². The van der Waals surface area contributed by atoms with E-state index in [2.05, 4.69) is 21.2 Å². The van der Waals surface area contributed by atoms with Gasteiger partial charge in [0, 0.05) is 22.8 Å². The first-order valence-corrected chi connectivity index (χ1v) is 12.3. The number of carbonyl (C=O) groups excluding carboxylic acids is 2. The van der Waals surface area contributed by atoms with Crippen LogP contribution in [0.15, 0.2) is 53.0 Å². The first-order chi connectivity index (χ1) is 14.8. The predicted molar refractivity (Wildman–Crippen MR) is 131 cm³/mol. The van der Waals surface area contributed by atoms with Crippen molar-refractivity contribution in [1.82, 2.24) is 10.2 Å². The number of carbonyl (C=O) groups is 2. The Kier molecular flexibility index (Phi) is 10.4. The number of nitrogens with zero attached hydrogens (tertiary/aromatic N) is 1. The summed E-state index contributed by atoms with van der Waals surface area (Å²) in [6, 6.07) is 15.2. The number of hydrogen-bond donors (Lipinski definition) is 1. The second kappa shape index (κ2) is 12.8. The van der Waals surface area contributed by atoms with Crippen LogP contribution in [0.2, 0.25) is 0 Å². The third-order valence-electron chi connectivity index (χ3n) is 4.71. The third-order valence-corrected chi connectivity index (χ3v) is 6.23. The number of thioether (sulfide) groups is 1. The van der Waals surface area contributed by atoms with Crippen LogP contribution in [0.5, 0.6) is 5.75 Å². The van der Waals surface area contributed by atoms with Crippen molar-refractivity contribution in [1.29, 1.82) is 0 Å². The molecule has 0 fully saturated rings. The van der Waals surface area contributed by atoms with E-state index in [0.29, 0.717) is 18.7 Å². The molecule has 0 aliphatic carbocycles. The van der Waals surface area contributed by atoms with Gasteiger partial charge in [-0.15, -0.1) is 11.8 Å². The Morgan fingerprint density at radius 2 is 1.84 bits per heavy atom. The molecule has 168 valence electrons. The normalized spacial score (nSPS) is 11.8. The smallest absolute Gasteiger partial charge is 0.243 e. The molecule has 2 rings (SSSR count). The van der Waals surface area contributed by atoms with Gasteiger partial charge < -0.3 is 15.0 Å². The van der Waals surface area contributed by atoms with Gasteiger partial charge >= 0.3 is 0 Å². The van der Waals surface area contributed by atoms with Crippen LogP contribution >= 0.6 is 27.7 Å². The summed E-state index contributed by atoms with van der Waals surface area (Å²) in [5, 5.41) is 2.96. The minimum atomic E-state index is -0.519. The second-order valence-electron chi connectivity index (χ2n) is 7.58. The van der Waals surface area contributed by atoms with E-state index in [1.807, 2.05) is 69.3 Å². The number of nitrogens with one attached hydrogen (secondary N) is 1. The van der Waals surface area contributed by atoms with Crippen molar-refractivity contribution in [3.8, 4) is 5.75 Å². The lowest BCUT2D eigenvalue weighted by Crippen LogP contribution is -2.50. The van der Waals surface area contributed by atoms with E-state index in [9.17, 15) is 9.59 Å². The van der Waals surface area contributed by atoms with Crippen molar-refractivity contribution in [3.05, 3.63) is 64.1 Å². The van der Waals surface area contributed by atoms with E-state index in [0.717, 1.165) is 27.1 Å². The lowest BCUT2D eigenvalue weighted by atomic mass is 10.1. The van der Waals surface area contributed by atoms with Crippen molar-refractivity contribution in [2.45, 2.75) is 51.6 Å². The summed E-state index contributed by atoms with van der Waals surface area (Å²) in [6.45, 7) is 6.14. The molecule has 31 heavy (non-hydrogen) atoms. The SMILES string of the molecule is CCC(C(=O)NC(C)C)N(Cc1cccc(OC)c1)C(=O)CSCc1ccc(Br)cc1. The van der Waals surface area contributed by atoms with Crippen LogP contribution in [0.1, 0.15) is 38.3 Å². The molecule has 0 saturated heterocycles. The molecule has 0 aromatic heterocycles. The molecule has 1 unspecified atom stereocenters. The zero-order chi connectivity index (χ0) is 22.8. The van der Waals surface area contributed by atoms with Crippen LogP contribution in [0.3, 0.4) is 0 Å². The molecule has 1 N–H and O–H groups in total. The molecule has 7 heteroatoms. The number of ether oxygens (including phenoxy) is 1. The summed E-state index contributed by atoms with van der Waals surface area (Å²) < 4.78 is 6.35. The van der Waals surface area contributed by atoms with Gasteiger partial charge in [0.2, 0.25) is 11.8 Å². The predicted octanol–water partition coefficient (Wildman–Crippen LogP) is 5.02. The highest BCUT2D eigenvalue weighted by Crippen LogP contribution is 2.20. The Bertz CT molecular complexity index is 858. The van der Waals surface area contributed by atoms with Gasteiger partial charge in [0.1, 0.15) is 11.8 Å². The molecule has 1 atom stereocenters. The summed E-state index contributed by atoms with van der Waals surface area (Å²) >= 11 is 4.99. The van der Waals surface area contributed by atoms with E-state index in [1.54, 1.807) is 23.8 Å². The maximum atomic E-state index is 13.2. The number of amides is 2. The molecule has 0 aliphatic rings. The highest BCUT2D eigenvalue weighted by Gasteiger charge is 2.28. The number of benzene rings is 2. The van der Waals surface area contributed by atoms with Crippen LogP contribution < -0.4 is 10.1 Å². The molecule has 2 aromatic rings. The quantitative estimate of drug-likeness (QED) is 0.464. The largest absolute Gasteiger partial charge is 0.497 e. The molecule has 5 nitrogen and oxygen atoms in total. The zero-order valence-corrected chi connectivity index (χ0v) is 21.0. The van der Waals surface area contributed by atoms with Crippen molar-refractivity contribution in [3.63, 3.8) is 0 Å². The zero-order valence-electron chi connectivity index (χ0n) is 18.6. The Morgan fingerprint density at radius 3 is 2.45 bits per heavy atom. The number of halogens is 1. The molecule has 2 aromatic carbocycles. The van der Waals surface area contributed by atoms with E-state index in [-0.39, 0.29) is 17.9 Å². The topological polar surface area (TPSA) is 58.6 Å². The van der Waals surface area contributed by atoms with Crippen molar-refractivity contribution in [2.24, 2.45) is 0 Å². The molecular weight excluding hydrogens is 476 g/mol.